The first-order chi connectivity index (χ1) is 19.8. The Labute approximate surface area is 231 Å². The van der Waals surface area contributed by atoms with Crippen molar-refractivity contribution >= 4 is 32.6 Å². The summed E-state index contributed by atoms with van der Waals surface area (Å²) in [7, 11) is 0. The molecule has 40 heavy (non-hydrogen) atoms. The third-order valence-electron chi connectivity index (χ3n) is 7.82. The molecule has 0 fully saturated rings. The molecule has 0 aliphatic rings. The highest BCUT2D eigenvalue weighted by Crippen LogP contribution is 2.38. The Bertz CT molecular complexity index is 2080. The molecule has 188 valence electrons. The molecular weight excluding hydrogens is 488 g/mol. The molecule has 0 radical (unpaired) electrons. The fourth-order valence-corrected chi connectivity index (χ4v) is 5.96. The Morgan fingerprint density at radius 1 is 0.425 bits per heavy atom. The zero-order valence-electron chi connectivity index (χ0n) is 21.6. The zero-order valence-corrected chi connectivity index (χ0v) is 21.6. The van der Waals surface area contributed by atoms with E-state index in [1.807, 2.05) is 4.57 Å². The quantitative estimate of drug-likeness (QED) is 0.236. The van der Waals surface area contributed by atoms with Gasteiger partial charge in [0.1, 0.15) is 12.7 Å². The minimum absolute atomic E-state index is 1.04. The van der Waals surface area contributed by atoms with E-state index in [0.717, 1.165) is 11.4 Å². The smallest absolute Gasteiger partial charge is 0.123 e. The van der Waals surface area contributed by atoms with Gasteiger partial charge < -0.3 is 4.57 Å². The lowest BCUT2D eigenvalue weighted by Crippen LogP contribution is -1.94. The van der Waals surface area contributed by atoms with Gasteiger partial charge in [0.25, 0.3) is 0 Å². The first-order valence-electron chi connectivity index (χ1n) is 13.4. The third kappa shape index (κ3) is 3.54. The monoisotopic (exact) mass is 512 g/mol. The number of benzene rings is 6. The minimum Gasteiger partial charge on any atom is -0.309 e. The van der Waals surface area contributed by atoms with Crippen LogP contribution in [0.4, 0.5) is 0 Å². The summed E-state index contributed by atoms with van der Waals surface area (Å²) < 4.78 is 4.28. The SMILES string of the molecule is c1cc(-c2ccc(-n3cnnc3)cc2)c2c(-c3ccc(-n4c5ccccc5c5ccccc54)cc3)cccc2c1. The van der Waals surface area contributed by atoms with Crippen LogP contribution in [0.5, 0.6) is 0 Å². The lowest BCUT2D eigenvalue weighted by Gasteiger charge is -2.14. The summed E-state index contributed by atoms with van der Waals surface area (Å²) in [6, 6.07) is 47.9. The molecule has 0 aliphatic heterocycles. The van der Waals surface area contributed by atoms with Gasteiger partial charge in [-0.25, -0.2) is 0 Å². The molecule has 0 N–H and O–H groups in total. The molecule has 0 bridgehead atoms. The van der Waals surface area contributed by atoms with E-state index in [0.29, 0.717) is 0 Å². The van der Waals surface area contributed by atoms with E-state index in [9.17, 15) is 0 Å². The maximum Gasteiger partial charge on any atom is 0.123 e. The molecule has 6 aromatic carbocycles. The van der Waals surface area contributed by atoms with E-state index < -0.39 is 0 Å². The highest BCUT2D eigenvalue weighted by Gasteiger charge is 2.13. The number of rotatable bonds is 4. The van der Waals surface area contributed by atoms with Gasteiger partial charge in [-0.05, 0) is 69.4 Å². The van der Waals surface area contributed by atoms with E-state index in [1.54, 1.807) is 12.7 Å². The van der Waals surface area contributed by atoms with Crippen LogP contribution in [-0.2, 0) is 0 Å². The van der Waals surface area contributed by atoms with Crippen molar-refractivity contribution < 1.29 is 0 Å². The fourth-order valence-electron chi connectivity index (χ4n) is 5.96. The molecule has 0 saturated heterocycles. The Kier molecular flexibility index (Phi) is 5.10. The van der Waals surface area contributed by atoms with Gasteiger partial charge in [-0.3, -0.25) is 4.57 Å². The third-order valence-corrected chi connectivity index (χ3v) is 7.82. The Morgan fingerprint density at radius 2 is 0.925 bits per heavy atom. The molecule has 2 heterocycles. The van der Waals surface area contributed by atoms with Crippen molar-refractivity contribution in [2.24, 2.45) is 0 Å². The highest BCUT2D eigenvalue weighted by atomic mass is 15.2. The molecule has 0 atom stereocenters. The van der Waals surface area contributed by atoms with Crippen LogP contribution in [0.1, 0.15) is 0 Å². The second-order valence-corrected chi connectivity index (χ2v) is 10.0. The molecule has 4 heteroatoms. The predicted molar refractivity (Wildman–Crippen MR) is 164 cm³/mol. The first-order valence-corrected chi connectivity index (χ1v) is 13.4. The second-order valence-electron chi connectivity index (χ2n) is 10.0. The molecule has 2 aromatic heterocycles. The van der Waals surface area contributed by atoms with Crippen molar-refractivity contribution in [2.45, 2.75) is 0 Å². The summed E-state index contributed by atoms with van der Waals surface area (Å²) in [6.07, 6.45) is 3.43. The lowest BCUT2D eigenvalue weighted by molar-refractivity contribution is 1.06. The maximum atomic E-state index is 3.93. The Hall–Kier alpha value is -5.48. The summed E-state index contributed by atoms with van der Waals surface area (Å²) in [5.41, 5.74) is 9.46. The maximum absolute atomic E-state index is 3.93. The molecule has 0 saturated carbocycles. The Balaban J connectivity index is 1.25. The zero-order chi connectivity index (χ0) is 26.5. The molecule has 8 aromatic rings. The van der Waals surface area contributed by atoms with Crippen LogP contribution in [0, 0.1) is 0 Å². The highest BCUT2D eigenvalue weighted by molar-refractivity contribution is 6.09. The summed E-state index contributed by atoms with van der Waals surface area (Å²) in [5.74, 6) is 0. The topological polar surface area (TPSA) is 35.6 Å². The van der Waals surface area contributed by atoms with Crippen LogP contribution in [0.15, 0.2) is 146 Å². The Morgan fingerprint density at radius 3 is 1.48 bits per heavy atom. The van der Waals surface area contributed by atoms with Crippen molar-refractivity contribution in [3.05, 3.63) is 146 Å². The molecular formula is C36H24N4. The van der Waals surface area contributed by atoms with Crippen LogP contribution in [0.3, 0.4) is 0 Å². The van der Waals surface area contributed by atoms with Gasteiger partial charge in [-0.2, -0.15) is 0 Å². The molecule has 0 spiro atoms. The summed E-state index contributed by atoms with van der Waals surface area (Å²) >= 11 is 0. The second kappa shape index (κ2) is 9.07. The average Bonchev–Trinajstić information content (AvgIpc) is 3.68. The largest absolute Gasteiger partial charge is 0.309 e. The molecule has 0 aliphatic carbocycles. The van der Waals surface area contributed by atoms with Gasteiger partial charge in [-0.15, -0.1) is 10.2 Å². The van der Waals surface area contributed by atoms with E-state index in [4.69, 9.17) is 0 Å². The summed E-state index contributed by atoms with van der Waals surface area (Å²) in [5, 5.41) is 12.9. The van der Waals surface area contributed by atoms with Crippen molar-refractivity contribution in [2.75, 3.05) is 0 Å². The minimum atomic E-state index is 1.04. The number of nitrogens with zero attached hydrogens (tertiary/aromatic N) is 4. The number of fused-ring (bicyclic) bond motifs is 4. The predicted octanol–water partition coefficient (Wildman–Crippen LogP) is 8.85. The first kappa shape index (κ1) is 22.5. The fraction of sp³-hybridized carbons (Fsp3) is 0. The van der Waals surface area contributed by atoms with Crippen LogP contribution < -0.4 is 0 Å². The number of para-hydroxylation sites is 2. The normalized spacial score (nSPS) is 11.5. The van der Waals surface area contributed by atoms with E-state index >= 15 is 0 Å². The van der Waals surface area contributed by atoms with Crippen LogP contribution in [0.2, 0.25) is 0 Å². The van der Waals surface area contributed by atoms with Crippen molar-refractivity contribution in [1.82, 2.24) is 19.3 Å². The lowest BCUT2D eigenvalue weighted by atomic mass is 9.91. The molecule has 0 amide bonds. The van der Waals surface area contributed by atoms with Crippen LogP contribution >= 0.6 is 0 Å². The van der Waals surface area contributed by atoms with Crippen LogP contribution in [0.25, 0.3) is 66.2 Å². The van der Waals surface area contributed by atoms with Gasteiger partial charge in [0.05, 0.1) is 11.0 Å². The molecule has 0 unspecified atom stereocenters. The van der Waals surface area contributed by atoms with Crippen molar-refractivity contribution in [3.63, 3.8) is 0 Å². The number of aromatic nitrogens is 4. The van der Waals surface area contributed by atoms with Crippen LogP contribution in [-0.4, -0.2) is 19.3 Å². The average molecular weight is 513 g/mol. The van der Waals surface area contributed by atoms with E-state index in [2.05, 4.69) is 148 Å². The van der Waals surface area contributed by atoms with Gasteiger partial charge in [0.15, 0.2) is 0 Å². The number of hydrogen-bond acceptors (Lipinski definition) is 2. The summed E-state index contributed by atoms with van der Waals surface area (Å²) in [6.45, 7) is 0. The van der Waals surface area contributed by atoms with E-state index in [1.165, 1.54) is 54.8 Å². The van der Waals surface area contributed by atoms with Crippen molar-refractivity contribution in [3.8, 4) is 33.6 Å². The van der Waals surface area contributed by atoms with Gasteiger partial charge in [-0.1, -0.05) is 97.1 Å². The summed E-state index contributed by atoms with van der Waals surface area (Å²) in [4.78, 5) is 0. The van der Waals surface area contributed by atoms with Gasteiger partial charge in [0, 0.05) is 22.1 Å². The molecule has 8 rings (SSSR count). The number of hydrogen-bond donors (Lipinski definition) is 0. The van der Waals surface area contributed by atoms with Gasteiger partial charge >= 0.3 is 0 Å². The standard InChI is InChI=1S/C36H24N4/c1-3-13-34-32(9-1)33-10-2-4-14-35(33)40(34)29-21-17-26(18-22-29)31-12-6-8-27-7-5-11-30(36(27)31)25-15-19-28(20-16-25)39-23-37-38-24-39/h1-24H. The van der Waals surface area contributed by atoms with Crippen molar-refractivity contribution in [1.29, 1.82) is 0 Å². The molecule has 4 nitrogen and oxygen atoms in total. The van der Waals surface area contributed by atoms with Gasteiger partial charge in [0.2, 0.25) is 0 Å². The van der Waals surface area contributed by atoms with E-state index in [-0.39, 0.29) is 0 Å².